The summed E-state index contributed by atoms with van der Waals surface area (Å²) >= 11 is 0. The predicted octanol–water partition coefficient (Wildman–Crippen LogP) is 1.53. The number of ether oxygens (including phenoxy) is 3. The lowest BCUT2D eigenvalue weighted by Gasteiger charge is -2.13. The fourth-order valence-electron chi connectivity index (χ4n) is 1.91. The quantitative estimate of drug-likeness (QED) is 0.841. The summed E-state index contributed by atoms with van der Waals surface area (Å²) in [5.41, 5.74) is 6.99. The topological polar surface area (TPSA) is 53.7 Å². The maximum absolute atomic E-state index is 5.84. The van der Waals surface area contributed by atoms with Crippen molar-refractivity contribution in [3.63, 3.8) is 0 Å². The van der Waals surface area contributed by atoms with E-state index < -0.39 is 0 Å². The molecule has 16 heavy (non-hydrogen) atoms. The normalized spacial score (nSPS) is 22.8. The monoisotopic (exact) mass is 223 g/mol. The molecule has 1 aliphatic rings. The lowest BCUT2D eigenvalue weighted by molar-refractivity contribution is 0.324. The first kappa shape index (κ1) is 11.1. The van der Waals surface area contributed by atoms with Gasteiger partial charge < -0.3 is 19.9 Å². The van der Waals surface area contributed by atoms with Crippen LogP contribution in [0, 0.1) is 0 Å². The van der Waals surface area contributed by atoms with Gasteiger partial charge in [0, 0.05) is 12.0 Å². The van der Waals surface area contributed by atoms with E-state index in [2.05, 4.69) is 0 Å². The number of hydrogen-bond acceptors (Lipinski definition) is 4. The molecule has 2 N–H and O–H groups in total. The lowest BCUT2D eigenvalue weighted by atomic mass is 10.1. The lowest BCUT2D eigenvalue weighted by Crippen LogP contribution is -2.02. The van der Waals surface area contributed by atoms with Crippen LogP contribution in [0.1, 0.15) is 17.9 Å². The molecule has 0 aromatic heterocycles. The van der Waals surface area contributed by atoms with Gasteiger partial charge in [0.2, 0.25) is 5.75 Å². The first-order chi connectivity index (χ1) is 7.71. The Morgan fingerprint density at radius 1 is 1.06 bits per heavy atom. The van der Waals surface area contributed by atoms with Crippen LogP contribution in [0.3, 0.4) is 0 Å². The molecule has 2 atom stereocenters. The van der Waals surface area contributed by atoms with Crippen LogP contribution in [0.5, 0.6) is 17.2 Å². The summed E-state index contributed by atoms with van der Waals surface area (Å²) < 4.78 is 15.8. The highest BCUT2D eigenvalue weighted by atomic mass is 16.5. The number of methoxy groups -OCH3 is 3. The molecule has 1 fully saturated rings. The average molecular weight is 223 g/mol. The van der Waals surface area contributed by atoms with E-state index in [0.717, 1.165) is 12.0 Å². The van der Waals surface area contributed by atoms with Crippen LogP contribution in [0.4, 0.5) is 0 Å². The van der Waals surface area contributed by atoms with Crippen molar-refractivity contribution >= 4 is 0 Å². The SMILES string of the molecule is COc1cc(C2CC2N)cc(OC)c1OC. The second-order valence-electron chi connectivity index (χ2n) is 3.96. The van der Waals surface area contributed by atoms with Crippen LogP contribution in [0.15, 0.2) is 12.1 Å². The molecule has 0 heterocycles. The van der Waals surface area contributed by atoms with Gasteiger partial charge in [-0.3, -0.25) is 0 Å². The molecular weight excluding hydrogens is 206 g/mol. The van der Waals surface area contributed by atoms with E-state index >= 15 is 0 Å². The molecule has 1 aliphatic carbocycles. The Bertz CT molecular complexity index is 367. The van der Waals surface area contributed by atoms with E-state index in [4.69, 9.17) is 19.9 Å². The van der Waals surface area contributed by atoms with Crippen molar-refractivity contribution in [3.8, 4) is 17.2 Å². The number of nitrogens with two attached hydrogens (primary N) is 1. The predicted molar refractivity (Wildman–Crippen MR) is 61.4 cm³/mol. The molecule has 0 radical (unpaired) electrons. The maximum Gasteiger partial charge on any atom is 0.203 e. The number of benzene rings is 1. The Labute approximate surface area is 95.3 Å². The first-order valence-electron chi connectivity index (χ1n) is 5.26. The summed E-state index contributed by atoms with van der Waals surface area (Å²) in [6.07, 6.45) is 1.03. The van der Waals surface area contributed by atoms with Crippen LogP contribution in [0.25, 0.3) is 0 Å². The van der Waals surface area contributed by atoms with Crippen molar-refractivity contribution in [1.82, 2.24) is 0 Å². The van der Waals surface area contributed by atoms with Crippen molar-refractivity contribution in [2.24, 2.45) is 5.73 Å². The van der Waals surface area contributed by atoms with Crippen molar-refractivity contribution < 1.29 is 14.2 Å². The third kappa shape index (κ3) is 1.80. The van der Waals surface area contributed by atoms with Crippen LogP contribution >= 0.6 is 0 Å². The van der Waals surface area contributed by atoms with Gasteiger partial charge in [-0.2, -0.15) is 0 Å². The summed E-state index contributed by atoms with van der Waals surface area (Å²) in [6, 6.07) is 4.21. The molecule has 0 spiro atoms. The average Bonchev–Trinajstić information content (AvgIpc) is 3.04. The molecule has 2 unspecified atom stereocenters. The van der Waals surface area contributed by atoms with Crippen LogP contribution < -0.4 is 19.9 Å². The molecule has 0 saturated heterocycles. The summed E-state index contributed by atoms with van der Waals surface area (Å²) in [5.74, 6) is 2.43. The molecule has 1 aromatic rings. The van der Waals surface area contributed by atoms with Gasteiger partial charge in [0.15, 0.2) is 11.5 Å². The molecular formula is C12H17NO3. The smallest absolute Gasteiger partial charge is 0.203 e. The van der Waals surface area contributed by atoms with Gasteiger partial charge in [0.1, 0.15) is 0 Å². The largest absolute Gasteiger partial charge is 0.493 e. The molecule has 88 valence electrons. The van der Waals surface area contributed by atoms with Crippen molar-refractivity contribution in [2.75, 3.05) is 21.3 Å². The van der Waals surface area contributed by atoms with Gasteiger partial charge in [-0.15, -0.1) is 0 Å². The van der Waals surface area contributed by atoms with Crippen molar-refractivity contribution in [1.29, 1.82) is 0 Å². The second-order valence-corrected chi connectivity index (χ2v) is 3.96. The van der Waals surface area contributed by atoms with E-state index in [1.165, 1.54) is 0 Å². The standard InChI is InChI=1S/C12H17NO3/c1-14-10-4-7(8-6-9(8)13)5-11(15-2)12(10)16-3/h4-5,8-9H,6,13H2,1-3H3. The van der Waals surface area contributed by atoms with Gasteiger partial charge in [-0.05, 0) is 24.1 Å². The van der Waals surface area contributed by atoms with Crippen LogP contribution in [0.2, 0.25) is 0 Å². The molecule has 2 rings (SSSR count). The van der Waals surface area contributed by atoms with Crippen molar-refractivity contribution in [3.05, 3.63) is 17.7 Å². The Balaban J connectivity index is 2.42. The minimum atomic E-state index is 0.266. The Hall–Kier alpha value is -1.42. The summed E-state index contributed by atoms with van der Waals surface area (Å²) in [6.45, 7) is 0. The van der Waals surface area contributed by atoms with Gasteiger partial charge in [-0.1, -0.05) is 0 Å². The minimum absolute atomic E-state index is 0.266. The molecule has 0 amide bonds. The van der Waals surface area contributed by atoms with E-state index in [1.807, 2.05) is 12.1 Å². The summed E-state index contributed by atoms with van der Waals surface area (Å²) in [4.78, 5) is 0. The summed E-state index contributed by atoms with van der Waals surface area (Å²) in [5, 5.41) is 0. The van der Waals surface area contributed by atoms with E-state index in [1.54, 1.807) is 21.3 Å². The fourth-order valence-corrected chi connectivity index (χ4v) is 1.91. The highest BCUT2D eigenvalue weighted by Gasteiger charge is 2.36. The zero-order chi connectivity index (χ0) is 11.7. The van der Waals surface area contributed by atoms with Crippen molar-refractivity contribution in [2.45, 2.75) is 18.4 Å². The molecule has 4 heteroatoms. The van der Waals surface area contributed by atoms with Gasteiger partial charge in [0.05, 0.1) is 21.3 Å². The molecule has 1 saturated carbocycles. The van der Waals surface area contributed by atoms with Crippen LogP contribution in [-0.2, 0) is 0 Å². The minimum Gasteiger partial charge on any atom is -0.493 e. The Morgan fingerprint density at radius 2 is 1.56 bits per heavy atom. The molecule has 1 aromatic carbocycles. The van der Waals surface area contributed by atoms with Gasteiger partial charge >= 0.3 is 0 Å². The first-order valence-corrected chi connectivity index (χ1v) is 5.26. The summed E-state index contributed by atoms with van der Waals surface area (Å²) in [7, 11) is 4.84. The highest BCUT2D eigenvalue weighted by molar-refractivity contribution is 5.55. The Morgan fingerprint density at radius 3 is 1.88 bits per heavy atom. The Kier molecular flexibility index (Phi) is 2.92. The third-order valence-electron chi connectivity index (χ3n) is 2.96. The highest BCUT2D eigenvalue weighted by Crippen LogP contribution is 2.46. The zero-order valence-corrected chi connectivity index (χ0v) is 9.82. The molecule has 4 nitrogen and oxygen atoms in total. The van der Waals surface area contributed by atoms with E-state index in [0.29, 0.717) is 23.2 Å². The molecule has 0 aliphatic heterocycles. The van der Waals surface area contributed by atoms with E-state index in [9.17, 15) is 0 Å². The third-order valence-corrected chi connectivity index (χ3v) is 2.96. The second kappa shape index (κ2) is 4.22. The maximum atomic E-state index is 5.84. The van der Waals surface area contributed by atoms with Gasteiger partial charge in [-0.25, -0.2) is 0 Å². The fraction of sp³-hybridized carbons (Fsp3) is 0.500. The van der Waals surface area contributed by atoms with Gasteiger partial charge in [0.25, 0.3) is 0 Å². The molecule has 0 bridgehead atoms. The van der Waals surface area contributed by atoms with E-state index in [-0.39, 0.29) is 6.04 Å². The number of hydrogen-bond donors (Lipinski definition) is 1. The zero-order valence-electron chi connectivity index (χ0n) is 9.82. The number of rotatable bonds is 4. The van der Waals surface area contributed by atoms with Crippen LogP contribution in [-0.4, -0.2) is 27.4 Å².